The molecular formula is C12H19ClN2O3S. The maximum absolute atomic E-state index is 12.2. The maximum Gasteiger partial charge on any atom is 0.242 e. The van der Waals surface area contributed by atoms with Gasteiger partial charge in [-0.1, -0.05) is 25.4 Å². The molecule has 0 aliphatic rings. The first-order valence-corrected chi connectivity index (χ1v) is 7.74. The number of rotatable bonds is 5. The summed E-state index contributed by atoms with van der Waals surface area (Å²) in [4.78, 5) is -0.0728. The average molecular weight is 307 g/mol. The Bertz CT molecular complexity index is 558. The molecule has 19 heavy (non-hydrogen) atoms. The van der Waals surface area contributed by atoms with E-state index in [1.54, 1.807) is 6.92 Å². The zero-order chi connectivity index (χ0) is 14.8. The second-order valence-electron chi connectivity index (χ2n) is 4.79. The average Bonchev–Trinajstić information content (AvgIpc) is 2.30. The van der Waals surface area contributed by atoms with Gasteiger partial charge < -0.3 is 10.8 Å². The molecule has 1 atom stereocenters. The molecule has 7 heteroatoms. The van der Waals surface area contributed by atoms with Crippen molar-refractivity contribution in [1.29, 1.82) is 0 Å². The molecule has 0 saturated heterocycles. The number of halogens is 1. The van der Waals surface area contributed by atoms with Gasteiger partial charge in [-0.05, 0) is 30.5 Å². The second kappa shape index (κ2) is 6.09. The van der Waals surface area contributed by atoms with Gasteiger partial charge >= 0.3 is 0 Å². The minimum atomic E-state index is -3.81. The van der Waals surface area contributed by atoms with Gasteiger partial charge in [-0.25, -0.2) is 13.1 Å². The van der Waals surface area contributed by atoms with Crippen molar-refractivity contribution in [2.75, 3.05) is 12.3 Å². The van der Waals surface area contributed by atoms with Gasteiger partial charge in [0.15, 0.2) is 0 Å². The van der Waals surface area contributed by atoms with Gasteiger partial charge in [0.2, 0.25) is 10.0 Å². The van der Waals surface area contributed by atoms with Gasteiger partial charge in [0.05, 0.1) is 11.6 Å². The van der Waals surface area contributed by atoms with Crippen LogP contribution in [0.2, 0.25) is 5.02 Å². The number of benzene rings is 1. The van der Waals surface area contributed by atoms with Crippen LogP contribution < -0.4 is 10.5 Å². The van der Waals surface area contributed by atoms with Gasteiger partial charge in [0.25, 0.3) is 0 Å². The monoisotopic (exact) mass is 306 g/mol. The normalized spacial score (nSPS) is 13.8. The fourth-order valence-corrected chi connectivity index (χ4v) is 3.51. The van der Waals surface area contributed by atoms with Crippen molar-refractivity contribution in [3.05, 3.63) is 22.7 Å². The van der Waals surface area contributed by atoms with Crippen LogP contribution in [0.5, 0.6) is 0 Å². The quantitative estimate of drug-likeness (QED) is 0.719. The number of aryl methyl sites for hydroxylation is 1. The minimum Gasteiger partial charge on any atom is -0.398 e. The summed E-state index contributed by atoms with van der Waals surface area (Å²) in [5.74, 6) is -0.0404. The molecule has 108 valence electrons. The summed E-state index contributed by atoms with van der Waals surface area (Å²) in [5.41, 5.74) is 6.78. The first kappa shape index (κ1) is 16.2. The van der Waals surface area contributed by atoms with E-state index in [2.05, 4.69) is 4.72 Å². The van der Waals surface area contributed by atoms with E-state index < -0.39 is 16.1 Å². The van der Waals surface area contributed by atoms with Crippen molar-refractivity contribution >= 4 is 27.3 Å². The molecule has 0 radical (unpaired) electrons. The highest BCUT2D eigenvalue weighted by Crippen LogP contribution is 2.27. The van der Waals surface area contributed by atoms with E-state index in [0.717, 1.165) is 0 Å². The largest absolute Gasteiger partial charge is 0.398 e. The standard InChI is InChI=1S/C12H19ClN2O3S/c1-7(2)11(6-16)15-19(17,18)12-5-10(14)8(3)4-9(12)13/h4-5,7,11,15-16H,6,14H2,1-3H3. The number of nitrogens with one attached hydrogen (secondary N) is 1. The van der Waals surface area contributed by atoms with Gasteiger partial charge in [-0.3, -0.25) is 0 Å². The third-order valence-electron chi connectivity index (χ3n) is 2.92. The van der Waals surface area contributed by atoms with Crippen molar-refractivity contribution < 1.29 is 13.5 Å². The summed E-state index contributed by atoms with van der Waals surface area (Å²) in [7, 11) is -3.81. The van der Waals surface area contributed by atoms with E-state index in [1.807, 2.05) is 13.8 Å². The molecule has 1 aromatic rings. The Morgan fingerprint density at radius 2 is 2.00 bits per heavy atom. The number of nitrogens with two attached hydrogens (primary N) is 1. The number of nitrogen functional groups attached to an aromatic ring is 1. The van der Waals surface area contributed by atoms with Crippen molar-refractivity contribution in [1.82, 2.24) is 4.72 Å². The second-order valence-corrected chi connectivity index (χ2v) is 6.88. The maximum atomic E-state index is 12.2. The molecule has 0 aliphatic carbocycles. The van der Waals surface area contributed by atoms with Gasteiger partial charge in [0.1, 0.15) is 4.90 Å². The van der Waals surface area contributed by atoms with Crippen molar-refractivity contribution in [2.24, 2.45) is 5.92 Å². The molecule has 0 aliphatic heterocycles. The zero-order valence-corrected chi connectivity index (χ0v) is 12.7. The van der Waals surface area contributed by atoms with E-state index in [4.69, 9.17) is 17.3 Å². The summed E-state index contributed by atoms with van der Waals surface area (Å²) in [5, 5.41) is 9.30. The summed E-state index contributed by atoms with van der Waals surface area (Å²) in [6, 6.07) is 2.27. The van der Waals surface area contributed by atoms with Gasteiger partial charge in [-0.15, -0.1) is 0 Å². The van der Waals surface area contributed by atoms with Crippen LogP contribution in [0.25, 0.3) is 0 Å². The van der Waals surface area contributed by atoms with Crippen molar-refractivity contribution in [2.45, 2.75) is 31.7 Å². The fourth-order valence-electron chi connectivity index (χ4n) is 1.52. The highest BCUT2D eigenvalue weighted by atomic mass is 35.5. The number of aliphatic hydroxyl groups excluding tert-OH is 1. The highest BCUT2D eigenvalue weighted by Gasteiger charge is 2.24. The predicted molar refractivity (Wildman–Crippen MR) is 76.6 cm³/mol. The molecule has 0 fully saturated rings. The number of hydrogen-bond donors (Lipinski definition) is 3. The van der Waals surface area contributed by atoms with Gasteiger partial charge in [0, 0.05) is 11.7 Å². The summed E-state index contributed by atoms with van der Waals surface area (Å²) >= 11 is 5.96. The topological polar surface area (TPSA) is 92.4 Å². The number of anilines is 1. The third kappa shape index (κ3) is 3.82. The van der Waals surface area contributed by atoms with Crippen LogP contribution in [0, 0.1) is 12.8 Å². The van der Waals surface area contributed by atoms with E-state index in [1.165, 1.54) is 12.1 Å². The van der Waals surface area contributed by atoms with Gasteiger partial charge in [-0.2, -0.15) is 0 Å². The van der Waals surface area contributed by atoms with Crippen molar-refractivity contribution in [3.63, 3.8) is 0 Å². The highest BCUT2D eigenvalue weighted by molar-refractivity contribution is 7.89. The van der Waals surface area contributed by atoms with E-state index >= 15 is 0 Å². The van der Waals surface area contributed by atoms with E-state index in [9.17, 15) is 13.5 Å². The molecule has 4 N–H and O–H groups in total. The molecule has 1 aromatic carbocycles. The lowest BCUT2D eigenvalue weighted by atomic mass is 10.1. The first-order valence-electron chi connectivity index (χ1n) is 5.88. The van der Waals surface area contributed by atoms with E-state index in [-0.39, 0.29) is 22.4 Å². The Balaban J connectivity index is 3.17. The zero-order valence-electron chi connectivity index (χ0n) is 11.1. The lowest BCUT2D eigenvalue weighted by Gasteiger charge is -2.20. The molecule has 0 aromatic heterocycles. The van der Waals surface area contributed by atoms with Crippen LogP contribution in [0.3, 0.4) is 0 Å². The Morgan fingerprint density at radius 1 is 1.42 bits per heavy atom. The Kier molecular flexibility index (Phi) is 5.20. The Hall–Kier alpha value is -0.820. The molecule has 0 amide bonds. The van der Waals surface area contributed by atoms with Crippen LogP contribution in [-0.2, 0) is 10.0 Å². The fraction of sp³-hybridized carbons (Fsp3) is 0.500. The van der Waals surface area contributed by atoms with Crippen LogP contribution in [0.15, 0.2) is 17.0 Å². The summed E-state index contributed by atoms with van der Waals surface area (Å²) < 4.78 is 26.9. The Morgan fingerprint density at radius 3 is 2.47 bits per heavy atom. The van der Waals surface area contributed by atoms with Crippen molar-refractivity contribution in [3.8, 4) is 0 Å². The molecule has 5 nitrogen and oxygen atoms in total. The Labute approximate surface area is 118 Å². The SMILES string of the molecule is Cc1cc(Cl)c(S(=O)(=O)NC(CO)C(C)C)cc1N. The molecule has 1 unspecified atom stereocenters. The number of aliphatic hydroxyl groups is 1. The molecular weight excluding hydrogens is 288 g/mol. The number of sulfonamides is 1. The molecule has 0 saturated carbocycles. The van der Waals surface area contributed by atoms with Crippen LogP contribution in [0.1, 0.15) is 19.4 Å². The third-order valence-corrected chi connectivity index (χ3v) is 4.87. The predicted octanol–water partition coefficient (Wildman–Crippen LogP) is 1.53. The lowest BCUT2D eigenvalue weighted by molar-refractivity contribution is 0.227. The molecule has 0 heterocycles. The summed E-state index contributed by atoms with van der Waals surface area (Å²) in [6.07, 6.45) is 0. The lowest BCUT2D eigenvalue weighted by Crippen LogP contribution is -2.41. The number of hydrogen-bond acceptors (Lipinski definition) is 4. The molecule has 0 spiro atoms. The van der Waals surface area contributed by atoms with E-state index in [0.29, 0.717) is 11.3 Å². The summed E-state index contributed by atoms with van der Waals surface area (Å²) in [6.45, 7) is 5.09. The smallest absolute Gasteiger partial charge is 0.242 e. The van der Waals surface area contributed by atoms with Crippen LogP contribution in [0.4, 0.5) is 5.69 Å². The first-order chi connectivity index (χ1) is 8.69. The van der Waals surface area contributed by atoms with Crippen LogP contribution >= 0.6 is 11.6 Å². The van der Waals surface area contributed by atoms with Crippen LogP contribution in [-0.4, -0.2) is 26.2 Å². The minimum absolute atomic E-state index is 0.0404. The molecule has 0 bridgehead atoms. The molecule has 1 rings (SSSR count).